The molecule has 150 valence electrons. The molecule has 0 spiro atoms. The fraction of sp³-hybridized carbons (Fsp3) is 0.286. The molecule has 4 rings (SSSR count). The average Bonchev–Trinajstić information content (AvgIpc) is 3.31. The summed E-state index contributed by atoms with van der Waals surface area (Å²) in [4.78, 5) is 12.0. The van der Waals surface area contributed by atoms with Crippen molar-refractivity contribution in [3.05, 3.63) is 63.2 Å². The van der Waals surface area contributed by atoms with Gasteiger partial charge >= 0.3 is 5.63 Å². The molecule has 0 saturated carbocycles. The van der Waals surface area contributed by atoms with Crippen LogP contribution in [0.1, 0.15) is 25.0 Å². The molecule has 0 aliphatic rings. The molecule has 0 radical (unpaired) electrons. The summed E-state index contributed by atoms with van der Waals surface area (Å²) in [7, 11) is 0. The van der Waals surface area contributed by atoms with Crippen LogP contribution in [0.5, 0.6) is 0 Å². The molecule has 0 amide bonds. The van der Waals surface area contributed by atoms with Gasteiger partial charge in [-0.2, -0.15) is 0 Å². The van der Waals surface area contributed by atoms with Crippen LogP contribution in [0.3, 0.4) is 0 Å². The van der Waals surface area contributed by atoms with Crippen molar-refractivity contribution in [1.29, 1.82) is 0 Å². The maximum Gasteiger partial charge on any atom is 0.336 e. The molecule has 4 aromatic rings. The molecule has 0 fully saturated rings. The highest BCUT2D eigenvalue weighted by atomic mass is 35.5. The third-order valence-electron chi connectivity index (χ3n) is 4.47. The predicted octanol–water partition coefficient (Wildman–Crippen LogP) is 5.55. The normalized spacial score (nSPS) is 11.6. The van der Waals surface area contributed by atoms with Crippen LogP contribution in [-0.4, -0.2) is 14.8 Å². The molecular weight excluding hydrogens is 410 g/mol. The molecular formula is C21H20ClN3O3S. The second kappa shape index (κ2) is 8.08. The monoisotopic (exact) mass is 429 g/mol. The fourth-order valence-electron chi connectivity index (χ4n) is 3.12. The van der Waals surface area contributed by atoms with Crippen molar-refractivity contribution in [3.8, 4) is 11.6 Å². The quantitative estimate of drug-likeness (QED) is 0.295. The predicted molar refractivity (Wildman–Crippen MR) is 114 cm³/mol. The molecule has 29 heavy (non-hydrogen) atoms. The largest absolute Gasteiger partial charge is 0.461 e. The highest BCUT2D eigenvalue weighted by molar-refractivity contribution is 7.98. The molecule has 1 aromatic carbocycles. The first-order chi connectivity index (χ1) is 13.9. The molecule has 0 aliphatic carbocycles. The number of furan rings is 1. The van der Waals surface area contributed by atoms with E-state index in [1.807, 2.05) is 25.1 Å². The molecule has 3 aromatic heterocycles. The van der Waals surface area contributed by atoms with Gasteiger partial charge in [0.15, 0.2) is 16.7 Å². The Morgan fingerprint density at radius 1 is 1.24 bits per heavy atom. The van der Waals surface area contributed by atoms with Gasteiger partial charge in [-0.05, 0) is 48.2 Å². The van der Waals surface area contributed by atoms with Gasteiger partial charge in [-0.25, -0.2) is 4.79 Å². The summed E-state index contributed by atoms with van der Waals surface area (Å²) in [6, 6.07) is 8.85. The summed E-state index contributed by atoms with van der Waals surface area (Å²) >= 11 is 7.81. The van der Waals surface area contributed by atoms with Crippen LogP contribution in [0.15, 0.2) is 55.4 Å². The molecule has 8 heteroatoms. The zero-order chi connectivity index (χ0) is 20.5. The molecule has 3 heterocycles. The first-order valence-corrected chi connectivity index (χ1v) is 10.6. The lowest BCUT2D eigenvalue weighted by molar-refractivity contribution is 0.489. The zero-order valence-corrected chi connectivity index (χ0v) is 17.9. The zero-order valence-electron chi connectivity index (χ0n) is 16.3. The van der Waals surface area contributed by atoms with Crippen LogP contribution in [0.25, 0.3) is 22.6 Å². The summed E-state index contributed by atoms with van der Waals surface area (Å²) < 4.78 is 12.9. The molecule has 0 saturated heterocycles. The van der Waals surface area contributed by atoms with E-state index in [2.05, 4.69) is 28.6 Å². The Balaban J connectivity index is 1.69. The number of benzene rings is 1. The van der Waals surface area contributed by atoms with Crippen molar-refractivity contribution >= 4 is 34.3 Å². The fourth-order valence-corrected chi connectivity index (χ4v) is 4.23. The van der Waals surface area contributed by atoms with Gasteiger partial charge in [0.2, 0.25) is 0 Å². The Hall–Kier alpha value is -2.51. The van der Waals surface area contributed by atoms with E-state index in [0.29, 0.717) is 33.9 Å². The van der Waals surface area contributed by atoms with E-state index in [0.717, 1.165) is 28.2 Å². The summed E-state index contributed by atoms with van der Waals surface area (Å²) in [5.74, 6) is 2.32. The van der Waals surface area contributed by atoms with E-state index < -0.39 is 0 Å². The second-order valence-electron chi connectivity index (χ2n) is 7.26. The average molecular weight is 430 g/mol. The summed E-state index contributed by atoms with van der Waals surface area (Å²) in [5, 5.41) is 10.9. The van der Waals surface area contributed by atoms with Gasteiger partial charge in [0.05, 0.1) is 6.26 Å². The van der Waals surface area contributed by atoms with Crippen molar-refractivity contribution in [1.82, 2.24) is 14.8 Å². The van der Waals surface area contributed by atoms with Gasteiger partial charge in [0.1, 0.15) is 5.58 Å². The van der Waals surface area contributed by atoms with Crippen molar-refractivity contribution < 1.29 is 8.83 Å². The van der Waals surface area contributed by atoms with Gasteiger partial charge in [-0.3, -0.25) is 4.57 Å². The van der Waals surface area contributed by atoms with E-state index in [4.69, 9.17) is 20.4 Å². The van der Waals surface area contributed by atoms with E-state index in [1.165, 1.54) is 17.8 Å². The Morgan fingerprint density at radius 3 is 2.79 bits per heavy atom. The maximum absolute atomic E-state index is 12.0. The Labute approximate surface area is 176 Å². The van der Waals surface area contributed by atoms with E-state index in [-0.39, 0.29) is 5.63 Å². The standard InChI is InChI=1S/C21H20ClN3O3S/c1-12(2)10-25-20(17-5-4-6-27-17)23-24-21(25)29-11-14-8-19(26)28-18-7-13(3)16(22)9-15(14)18/h4-9,12H,10-11H2,1-3H3. The molecule has 0 atom stereocenters. The van der Waals surface area contributed by atoms with Gasteiger partial charge < -0.3 is 8.83 Å². The Morgan fingerprint density at radius 2 is 2.07 bits per heavy atom. The van der Waals surface area contributed by atoms with Crippen LogP contribution >= 0.6 is 23.4 Å². The minimum Gasteiger partial charge on any atom is -0.461 e. The van der Waals surface area contributed by atoms with Crippen LogP contribution in [0.2, 0.25) is 5.02 Å². The number of hydrogen-bond acceptors (Lipinski definition) is 6. The van der Waals surface area contributed by atoms with Crippen LogP contribution in [-0.2, 0) is 12.3 Å². The third kappa shape index (κ3) is 4.11. The maximum atomic E-state index is 12.0. The number of aryl methyl sites for hydroxylation is 1. The summed E-state index contributed by atoms with van der Waals surface area (Å²) in [6.45, 7) is 6.92. The second-order valence-corrected chi connectivity index (χ2v) is 8.61. The molecule has 6 nitrogen and oxygen atoms in total. The van der Waals surface area contributed by atoms with Crippen LogP contribution < -0.4 is 5.63 Å². The highest BCUT2D eigenvalue weighted by Crippen LogP contribution is 2.31. The van der Waals surface area contributed by atoms with Gasteiger partial charge in [0.25, 0.3) is 0 Å². The molecule has 0 unspecified atom stereocenters. The van der Waals surface area contributed by atoms with Crippen molar-refractivity contribution in [3.63, 3.8) is 0 Å². The number of fused-ring (bicyclic) bond motifs is 1. The lowest BCUT2D eigenvalue weighted by Crippen LogP contribution is -2.08. The topological polar surface area (TPSA) is 74.1 Å². The van der Waals surface area contributed by atoms with Crippen molar-refractivity contribution in [2.75, 3.05) is 0 Å². The summed E-state index contributed by atoms with van der Waals surface area (Å²) in [6.07, 6.45) is 1.62. The lowest BCUT2D eigenvalue weighted by atomic mass is 10.1. The first kappa shape index (κ1) is 19.8. The molecule has 0 N–H and O–H groups in total. The number of aromatic nitrogens is 3. The smallest absolute Gasteiger partial charge is 0.336 e. The first-order valence-electron chi connectivity index (χ1n) is 9.25. The minimum atomic E-state index is -0.380. The van der Waals surface area contributed by atoms with Gasteiger partial charge in [-0.15, -0.1) is 10.2 Å². The SMILES string of the molecule is Cc1cc2oc(=O)cc(CSc3nnc(-c4ccco4)n3CC(C)C)c2cc1Cl. The Bertz CT molecular complexity index is 1210. The van der Waals surface area contributed by atoms with Crippen molar-refractivity contribution in [2.45, 2.75) is 38.2 Å². The Kier molecular flexibility index (Phi) is 5.52. The van der Waals surface area contributed by atoms with E-state index >= 15 is 0 Å². The van der Waals surface area contributed by atoms with Crippen LogP contribution in [0.4, 0.5) is 0 Å². The van der Waals surface area contributed by atoms with Gasteiger partial charge in [0, 0.05) is 28.8 Å². The number of hydrogen-bond donors (Lipinski definition) is 0. The molecule has 0 bridgehead atoms. The third-order valence-corrected chi connectivity index (χ3v) is 5.90. The van der Waals surface area contributed by atoms with E-state index in [1.54, 1.807) is 12.3 Å². The number of nitrogens with zero attached hydrogens (tertiary/aromatic N) is 3. The number of rotatable bonds is 6. The van der Waals surface area contributed by atoms with Crippen molar-refractivity contribution in [2.24, 2.45) is 5.92 Å². The number of thioether (sulfide) groups is 1. The molecule has 0 aliphatic heterocycles. The minimum absolute atomic E-state index is 0.380. The van der Waals surface area contributed by atoms with Gasteiger partial charge in [-0.1, -0.05) is 37.2 Å². The lowest BCUT2D eigenvalue weighted by Gasteiger charge is -2.12. The van der Waals surface area contributed by atoms with Crippen LogP contribution in [0, 0.1) is 12.8 Å². The number of halogens is 1. The van der Waals surface area contributed by atoms with E-state index in [9.17, 15) is 4.79 Å². The highest BCUT2D eigenvalue weighted by Gasteiger charge is 2.18. The summed E-state index contributed by atoms with van der Waals surface area (Å²) in [5.41, 5.74) is 1.87.